The summed E-state index contributed by atoms with van der Waals surface area (Å²) < 4.78 is 19.7. The Bertz CT molecular complexity index is 973. The number of hydrogen-bond acceptors (Lipinski definition) is 5. The molecule has 0 amide bonds. The summed E-state index contributed by atoms with van der Waals surface area (Å²) in [6.45, 7) is 1.04. The third kappa shape index (κ3) is 5.68. The van der Waals surface area contributed by atoms with Crippen LogP contribution in [-0.2, 0) is 13.1 Å². The van der Waals surface area contributed by atoms with E-state index in [1.54, 1.807) is 36.6 Å². The van der Waals surface area contributed by atoms with Crippen molar-refractivity contribution in [3.63, 3.8) is 0 Å². The van der Waals surface area contributed by atoms with Crippen LogP contribution in [0.25, 0.3) is 0 Å². The lowest BCUT2D eigenvalue weighted by molar-refractivity contribution is 0.437. The lowest BCUT2D eigenvalue weighted by Gasteiger charge is -2.14. The Balaban J connectivity index is 1.60. The van der Waals surface area contributed by atoms with Crippen LogP contribution >= 0.6 is 11.3 Å². The van der Waals surface area contributed by atoms with Gasteiger partial charge in [0.2, 0.25) is 0 Å². The average Bonchev–Trinajstić information content (AvgIpc) is 3.20. The van der Waals surface area contributed by atoms with Gasteiger partial charge in [-0.15, -0.1) is 11.3 Å². The molecule has 0 unspecified atom stereocenters. The highest BCUT2D eigenvalue weighted by Crippen LogP contribution is 2.27. The van der Waals surface area contributed by atoms with Gasteiger partial charge in [-0.1, -0.05) is 30.3 Å². The van der Waals surface area contributed by atoms with Crippen LogP contribution in [0.15, 0.2) is 58.9 Å². The zero-order chi connectivity index (χ0) is 20.6. The maximum atomic E-state index is 13.9. The molecule has 0 atom stereocenters. The standard InChI is InChI=1S/C21H24FN5OS/c1-23-20(25-13-16-14-29-21(26-16)27(2)3)24-12-15-8-4-6-10-18(15)28-19-11-7-5-9-17(19)22/h4-11,14H,12-13H2,1-3H3,(H2,23,24,25). The van der Waals surface area contributed by atoms with Crippen LogP contribution in [0.4, 0.5) is 9.52 Å². The third-order valence-electron chi connectivity index (χ3n) is 4.06. The van der Waals surface area contributed by atoms with Crippen LogP contribution in [0.1, 0.15) is 11.3 Å². The third-order valence-corrected chi connectivity index (χ3v) is 5.12. The maximum Gasteiger partial charge on any atom is 0.191 e. The fourth-order valence-electron chi connectivity index (χ4n) is 2.55. The number of rotatable bonds is 7. The topological polar surface area (TPSA) is 61.8 Å². The van der Waals surface area contributed by atoms with Gasteiger partial charge in [0.15, 0.2) is 22.7 Å². The molecule has 0 bridgehead atoms. The van der Waals surface area contributed by atoms with Crippen molar-refractivity contribution in [2.45, 2.75) is 13.1 Å². The number of ether oxygens (including phenoxy) is 1. The predicted octanol–water partition coefficient (Wildman–Crippen LogP) is 4.01. The number of nitrogens with zero attached hydrogens (tertiary/aromatic N) is 3. The van der Waals surface area contributed by atoms with Gasteiger partial charge in [-0.25, -0.2) is 9.37 Å². The molecule has 152 valence electrons. The molecule has 0 saturated heterocycles. The Hall–Kier alpha value is -3.13. The van der Waals surface area contributed by atoms with Crippen LogP contribution in [0.5, 0.6) is 11.5 Å². The van der Waals surface area contributed by atoms with Gasteiger partial charge >= 0.3 is 0 Å². The number of nitrogens with one attached hydrogen (secondary N) is 2. The normalized spacial score (nSPS) is 11.2. The molecule has 0 aliphatic carbocycles. The van der Waals surface area contributed by atoms with Gasteiger partial charge in [0.05, 0.1) is 12.2 Å². The quantitative estimate of drug-likeness (QED) is 0.453. The molecule has 2 aromatic carbocycles. The van der Waals surface area contributed by atoms with Crippen molar-refractivity contribution in [1.29, 1.82) is 0 Å². The van der Waals surface area contributed by atoms with Gasteiger partial charge in [0, 0.05) is 38.6 Å². The van der Waals surface area contributed by atoms with Crippen molar-refractivity contribution in [2.24, 2.45) is 4.99 Å². The Morgan fingerprint density at radius 2 is 1.76 bits per heavy atom. The number of halogens is 1. The van der Waals surface area contributed by atoms with Gasteiger partial charge in [0.1, 0.15) is 5.75 Å². The maximum absolute atomic E-state index is 13.9. The monoisotopic (exact) mass is 413 g/mol. The summed E-state index contributed by atoms with van der Waals surface area (Å²) in [6.07, 6.45) is 0. The molecule has 3 rings (SSSR count). The highest BCUT2D eigenvalue weighted by molar-refractivity contribution is 7.13. The van der Waals surface area contributed by atoms with E-state index < -0.39 is 5.82 Å². The zero-order valence-electron chi connectivity index (χ0n) is 16.6. The first-order chi connectivity index (χ1) is 14.1. The minimum atomic E-state index is -0.395. The molecular formula is C21H24FN5OS. The number of para-hydroxylation sites is 2. The number of hydrogen-bond donors (Lipinski definition) is 2. The smallest absolute Gasteiger partial charge is 0.191 e. The first kappa shape index (κ1) is 20.6. The van der Waals surface area contributed by atoms with Crippen molar-refractivity contribution in [1.82, 2.24) is 15.6 Å². The molecule has 6 nitrogen and oxygen atoms in total. The minimum Gasteiger partial charge on any atom is -0.454 e. The van der Waals surface area contributed by atoms with Crippen LogP contribution < -0.4 is 20.3 Å². The number of benzene rings is 2. The van der Waals surface area contributed by atoms with E-state index >= 15 is 0 Å². The van der Waals surface area contributed by atoms with E-state index in [1.807, 2.05) is 48.6 Å². The fraction of sp³-hybridized carbons (Fsp3) is 0.238. The van der Waals surface area contributed by atoms with E-state index in [2.05, 4.69) is 20.6 Å². The van der Waals surface area contributed by atoms with Crippen molar-refractivity contribution in [3.05, 3.63) is 71.0 Å². The summed E-state index contributed by atoms with van der Waals surface area (Å²) >= 11 is 1.60. The predicted molar refractivity (Wildman–Crippen MR) is 116 cm³/mol. The number of thiazole rings is 1. The number of aliphatic imine (C=N–C) groups is 1. The second-order valence-corrected chi connectivity index (χ2v) is 7.27. The molecule has 0 fully saturated rings. The van der Waals surface area contributed by atoms with Crippen LogP contribution in [-0.4, -0.2) is 32.1 Å². The van der Waals surface area contributed by atoms with Crippen molar-refractivity contribution in [3.8, 4) is 11.5 Å². The molecule has 0 saturated carbocycles. The van der Waals surface area contributed by atoms with E-state index in [4.69, 9.17) is 4.74 Å². The summed E-state index contributed by atoms with van der Waals surface area (Å²) in [6, 6.07) is 13.9. The second-order valence-electron chi connectivity index (χ2n) is 6.44. The molecule has 0 aliphatic heterocycles. The van der Waals surface area contributed by atoms with E-state index in [0.29, 0.717) is 24.8 Å². The average molecular weight is 414 g/mol. The lowest BCUT2D eigenvalue weighted by Crippen LogP contribution is -2.36. The SMILES string of the molecule is CN=C(NCc1csc(N(C)C)n1)NCc1ccccc1Oc1ccccc1F. The van der Waals surface area contributed by atoms with Crippen molar-refractivity contribution in [2.75, 3.05) is 26.0 Å². The molecule has 0 aliphatic rings. The van der Waals surface area contributed by atoms with Crippen molar-refractivity contribution >= 4 is 22.4 Å². The molecule has 1 heterocycles. The summed E-state index contributed by atoms with van der Waals surface area (Å²) in [5.41, 5.74) is 1.84. The molecule has 0 spiro atoms. The lowest BCUT2D eigenvalue weighted by atomic mass is 10.2. The Kier molecular flexibility index (Phi) is 7.02. The number of anilines is 1. The first-order valence-corrected chi connectivity index (χ1v) is 10.0. The van der Waals surface area contributed by atoms with E-state index in [9.17, 15) is 4.39 Å². The van der Waals surface area contributed by atoms with Crippen molar-refractivity contribution < 1.29 is 9.13 Å². The molecule has 0 radical (unpaired) electrons. The zero-order valence-corrected chi connectivity index (χ0v) is 17.5. The number of guanidine groups is 1. The fourth-order valence-corrected chi connectivity index (χ4v) is 3.31. The molecular weight excluding hydrogens is 389 g/mol. The Morgan fingerprint density at radius 1 is 1.07 bits per heavy atom. The molecule has 2 N–H and O–H groups in total. The van der Waals surface area contributed by atoms with E-state index in [-0.39, 0.29) is 5.75 Å². The van der Waals surface area contributed by atoms with Crippen LogP contribution in [0.2, 0.25) is 0 Å². The molecule has 3 aromatic rings. The second kappa shape index (κ2) is 9.88. The van der Waals surface area contributed by atoms with Gasteiger partial charge in [-0.3, -0.25) is 4.99 Å². The van der Waals surface area contributed by atoms with Crippen LogP contribution in [0, 0.1) is 5.82 Å². The number of aromatic nitrogens is 1. The minimum absolute atomic E-state index is 0.197. The Morgan fingerprint density at radius 3 is 2.45 bits per heavy atom. The molecule has 8 heteroatoms. The van der Waals surface area contributed by atoms with Crippen LogP contribution in [0.3, 0.4) is 0 Å². The highest BCUT2D eigenvalue weighted by atomic mass is 32.1. The summed E-state index contributed by atoms with van der Waals surface area (Å²) in [5.74, 6) is 1.04. The largest absolute Gasteiger partial charge is 0.454 e. The van der Waals surface area contributed by atoms with Gasteiger partial charge < -0.3 is 20.3 Å². The van der Waals surface area contributed by atoms with Gasteiger partial charge in [-0.2, -0.15) is 0 Å². The van der Waals surface area contributed by atoms with Gasteiger partial charge in [-0.05, 0) is 18.2 Å². The first-order valence-electron chi connectivity index (χ1n) is 9.13. The molecule has 1 aromatic heterocycles. The summed E-state index contributed by atoms with van der Waals surface area (Å²) in [5, 5.41) is 9.49. The summed E-state index contributed by atoms with van der Waals surface area (Å²) in [7, 11) is 5.65. The molecule has 29 heavy (non-hydrogen) atoms. The van der Waals surface area contributed by atoms with E-state index in [1.165, 1.54) is 6.07 Å². The summed E-state index contributed by atoms with van der Waals surface area (Å²) in [4.78, 5) is 10.8. The highest BCUT2D eigenvalue weighted by Gasteiger charge is 2.09. The Labute approximate surface area is 174 Å². The van der Waals surface area contributed by atoms with E-state index in [0.717, 1.165) is 16.4 Å². The van der Waals surface area contributed by atoms with Gasteiger partial charge in [0.25, 0.3) is 0 Å².